The van der Waals surface area contributed by atoms with Gasteiger partial charge in [0.1, 0.15) is 5.75 Å². The van der Waals surface area contributed by atoms with Gasteiger partial charge in [-0.3, -0.25) is 0 Å². The normalized spacial score (nSPS) is 23.6. The third kappa shape index (κ3) is 3.53. The Morgan fingerprint density at radius 1 is 1.30 bits per heavy atom. The fourth-order valence-corrected chi connectivity index (χ4v) is 2.92. The highest BCUT2D eigenvalue weighted by atomic mass is 16.5. The average Bonchev–Trinajstić information content (AvgIpc) is 2.49. The van der Waals surface area contributed by atoms with Crippen molar-refractivity contribution in [1.29, 1.82) is 0 Å². The quantitative estimate of drug-likeness (QED) is 0.498. The van der Waals surface area contributed by atoms with E-state index in [2.05, 4.69) is 12.1 Å². The molecular formula is C17H25NO2. The van der Waals surface area contributed by atoms with Gasteiger partial charge in [0, 0.05) is 5.56 Å². The summed E-state index contributed by atoms with van der Waals surface area (Å²) in [7, 11) is 0. The molecule has 3 nitrogen and oxygen atoms in total. The molecule has 1 aromatic carbocycles. The fourth-order valence-electron chi connectivity index (χ4n) is 2.92. The van der Waals surface area contributed by atoms with E-state index in [0.29, 0.717) is 11.8 Å². The third-order valence-corrected chi connectivity index (χ3v) is 4.34. The van der Waals surface area contributed by atoms with Gasteiger partial charge in [0.25, 0.3) is 0 Å². The van der Waals surface area contributed by atoms with Gasteiger partial charge in [-0.15, -0.1) is 0 Å². The Hall–Kier alpha value is -1.51. The van der Waals surface area contributed by atoms with Crippen molar-refractivity contribution in [2.24, 2.45) is 11.1 Å². The number of benzene rings is 1. The zero-order valence-electron chi connectivity index (χ0n) is 12.7. The second-order valence-electron chi connectivity index (χ2n) is 5.85. The van der Waals surface area contributed by atoms with Crippen molar-refractivity contribution in [3.8, 4) is 5.75 Å². The summed E-state index contributed by atoms with van der Waals surface area (Å²) in [5, 5.41) is 12.3. The molecule has 3 heteroatoms. The number of hydrogen-bond acceptors (Lipinski definition) is 3. The average molecular weight is 275 g/mol. The van der Waals surface area contributed by atoms with E-state index in [1.165, 1.54) is 19.3 Å². The number of hydrogen-bond donors (Lipinski definition) is 1. The fraction of sp³-hybridized carbons (Fsp3) is 0.588. The van der Waals surface area contributed by atoms with Gasteiger partial charge in [-0.1, -0.05) is 30.1 Å². The molecule has 0 spiro atoms. The lowest BCUT2D eigenvalue weighted by molar-refractivity contribution is 0.129. The van der Waals surface area contributed by atoms with Crippen LogP contribution in [0.1, 0.15) is 57.1 Å². The highest BCUT2D eigenvalue weighted by molar-refractivity contribution is 6.00. The summed E-state index contributed by atoms with van der Waals surface area (Å²) in [5.74, 6) is 1.71. The molecule has 1 N–H and O–H groups in total. The van der Waals surface area contributed by atoms with E-state index in [1.807, 2.05) is 25.1 Å². The van der Waals surface area contributed by atoms with Gasteiger partial charge in [0.15, 0.2) is 0 Å². The Morgan fingerprint density at radius 3 is 2.60 bits per heavy atom. The van der Waals surface area contributed by atoms with E-state index in [0.717, 1.165) is 35.6 Å². The first-order valence-electron chi connectivity index (χ1n) is 7.60. The summed E-state index contributed by atoms with van der Waals surface area (Å²) in [6.07, 6.45) is 6.34. The molecule has 0 atom stereocenters. The van der Waals surface area contributed by atoms with Crippen LogP contribution in [0.15, 0.2) is 23.4 Å². The molecule has 0 heterocycles. The predicted molar refractivity (Wildman–Crippen MR) is 81.8 cm³/mol. The SMILES string of the molecule is CCC1CCC(Oc2ccc(C)cc2C(C)=NO)CC1. The maximum atomic E-state index is 9.01. The lowest BCUT2D eigenvalue weighted by atomic mass is 9.86. The van der Waals surface area contributed by atoms with Gasteiger partial charge < -0.3 is 9.94 Å². The molecule has 0 saturated heterocycles. The molecule has 20 heavy (non-hydrogen) atoms. The zero-order chi connectivity index (χ0) is 14.5. The van der Waals surface area contributed by atoms with Crippen LogP contribution in [-0.2, 0) is 0 Å². The molecule has 2 rings (SSSR count). The maximum Gasteiger partial charge on any atom is 0.128 e. The molecule has 0 aliphatic heterocycles. The van der Waals surface area contributed by atoms with Crippen molar-refractivity contribution in [3.05, 3.63) is 29.3 Å². The first-order valence-corrected chi connectivity index (χ1v) is 7.60. The van der Waals surface area contributed by atoms with E-state index >= 15 is 0 Å². The van der Waals surface area contributed by atoms with E-state index in [-0.39, 0.29) is 0 Å². The van der Waals surface area contributed by atoms with Gasteiger partial charge >= 0.3 is 0 Å². The highest BCUT2D eigenvalue weighted by Crippen LogP contribution is 2.31. The summed E-state index contributed by atoms with van der Waals surface area (Å²) < 4.78 is 6.17. The summed E-state index contributed by atoms with van der Waals surface area (Å²) in [4.78, 5) is 0. The van der Waals surface area contributed by atoms with Crippen LogP contribution in [-0.4, -0.2) is 17.0 Å². The minimum absolute atomic E-state index is 0.297. The minimum atomic E-state index is 0.297. The highest BCUT2D eigenvalue weighted by Gasteiger charge is 2.22. The second-order valence-corrected chi connectivity index (χ2v) is 5.85. The molecule has 1 aromatic rings. The molecule has 1 saturated carbocycles. The van der Waals surface area contributed by atoms with Gasteiger partial charge in [-0.2, -0.15) is 0 Å². The minimum Gasteiger partial charge on any atom is -0.490 e. The van der Waals surface area contributed by atoms with Crippen LogP contribution in [0.2, 0.25) is 0 Å². The molecule has 0 aromatic heterocycles. The third-order valence-electron chi connectivity index (χ3n) is 4.34. The zero-order valence-corrected chi connectivity index (χ0v) is 12.7. The molecule has 0 unspecified atom stereocenters. The Bertz CT molecular complexity index is 474. The van der Waals surface area contributed by atoms with E-state index in [1.54, 1.807) is 6.92 Å². The lowest BCUT2D eigenvalue weighted by Gasteiger charge is -2.29. The summed E-state index contributed by atoms with van der Waals surface area (Å²) in [6, 6.07) is 6.05. The van der Waals surface area contributed by atoms with Crippen molar-refractivity contribution in [1.82, 2.24) is 0 Å². The van der Waals surface area contributed by atoms with Crippen molar-refractivity contribution in [3.63, 3.8) is 0 Å². The Balaban J connectivity index is 2.10. The van der Waals surface area contributed by atoms with Crippen molar-refractivity contribution in [2.45, 2.75) is 59.0 Å². The van der Waals surface area contributed by atoms with Gasteiger partial charge in [-0.25, -0.2) is 0 Å². The van der Waals surface area contributed by atoms with Crippen molar-refractivity contribution in [2.75, 3.05) is 0 Å². The lowest BCUT2D eigenvalue weighted by Crippen LogP contribution is -2.24. The van der Waals surface area contributed by atoms with Crippen LogP contribution < -0.4 is 4.74 Å². The van der Waals surface area contributed by atoms with E-state index in [4.69, 9.17) is 9.94 Å². The first kappa shape index (κ1) is 14.9. The van der Waals surface area contributed by atoms with Crippen molar-refractivity contribution >= 4 is 5.71 Å². The Kier molecular flexibility index (Phi) is 5.05. The van der Waals surface area contributed by atoms with Crippen LogP contribution in [0.25, 0.3) is 0 Å². The molecule has 0 bridgehead atoms. The topological polar surface area (TPSA) is 41.8 Å². The smallest absolute Gasteiger partial charge is 0.128 e. The van der Waals surface area contributed by atoms with Crippen LogP contribution in [0.5, 0.6) is 5.75 Å². The largest absolute Gasteiger partial charge is 0.490 e. The van der Waals surface area contributed by atoms with Crippen LogP contribution in [0.4, 0.5) is 0 Å². The molecular weight excluding hydrogens is 250 g/mol. The Morgan fingerprint density at radius 2 is 2.00 bits per heavy atom. The van der Waals surface area contributed by atoms with Crippen LogP contribution in [0.3, 0.4) is 0 Å². The Labute approximate surface area is 121 Å². The standard InChI is InChI=1S/C17H25NO2/c1-4-14-6-8-15(9-7-14)20-17-10-5-12(2)11-16(17)13(3)18-19/h5,10-11,14-15,19H,4,6-9H2,1-3H3. The number of oxime groups is 1. The monoisotopic (exact) mass is 275 g/mol. The van der Waals surface area contributed by atoms with Gasteiger partial charge in [-0.05, 0) is 57.6 Å². The van der Waals surface area contributed by atoms with Gasteiger partial charge in [0.2, 0.25) is 0 Å². The molecule has 1 aliphatic carbocycles. The maximum absolute atomic E-state index is 9.01. The molecule has 110 valence electrons. The molecule has 1 aliphatic rings. The number of aryl methyl sites for hydroxylation is 1. The summed E-state index contributed by atoms with van der Waals surface area (Å²) in [6.45, 7) is 6.10. The van der Waals surface area contributed by atoms with E-state index in [9.17, 15) is 0 Å². The summed E-state index contributed by atoms with van der Waals surface area (Å²) >= 11 is 0. The summed E-state index contributed by atoms with van der Waals surface area (Å²) in [5.41, 5.74) is 2.64. The first-order chi connectivity index (χ1) is 9.63. The molecule has 0 radical (unpaired) electrons. The van der Waals surface area contributed by atoms with Gasteiger partial charge in [0.05, 0.1) is 11.8 Å². The number of rotatable bonds is 4. The van der Waals surface area contributed by atoms with Crippen LogP contribution >= 0.6 is 0 Å². The number of ether oxygens (including phenoxy) is 1. The predicted octanol–water partition coefficient (Wildman–Crippen LogP) is 4.54. The molecule has 1 fully saturated rings. The van der Waals surface area contributed by atoms with Crippen LogP contribution in [0, 0.1) is 12.8 Å². The van der Waals surface area contributed by atoms with Crippen molar-refractivity contribution < 1.29 is 9.94 Å². The molecule has 0 amide bonds. The second kappa shape index (κ2) is 6.78. The number of nitrogens with zero attached hydrogens (tertiary/aromatic N) is 1. The van der Waals surface area contributed by atoms with E-state index < -0.39 is 0 Å².